The number of rotatable bonds is 5. The molecule has 4 nitrogen and oxygen atoms in total. The van der Waals surface area contributed by atoms with Crippen molar-refractivity contribution in [1.82, 2.24) is 20.1 Å². The molecule has 0 amide bonds. The quantitative estimate of drug-likeness (QED) is 0.781. The first-order valence-corrected chi connectivity index (χ1v) is 7.32. The summed E-state index contributed by atoms with van der Waals surface area (Å²) in [7, 11) is 1.95. The second-order valence-electron chi connectivity index (χ2n) is 5.25. The smallest absolute Gasteiger partial charge is 0.0705 e. The number of hydrogen-bond donors (Lipinski definition) is 1. The molecule has 2 aromatic heterocycles. The number of nitrogens with zero attached hydrogens (tertiary/aromatic N) is 3. The number of aryl methyl sites for hydroxylation is 1. The van der Waals surface area contributed by atoms with Gasteiger partial charge in [-0.15, -0.1) is 0 Å². The van der Waals surface area contributed by atoms with Gasteiger partial charge >= 0.3 is 0 Å². The maximum Gasteiger partial charge on any atom is 0.0705 e. The molecule has 1 unspecified atom stereocenters. The van der Waals surface area contributed by atoms with E-state index in [-0.39, 0.29) is 6.04 Å². The van der Waals surface area contributed by atoms with Crippen LogP contribution in [0.4, 0.5) is 0 Å². The van der Waals surface area contributed by atoms with Gasteiger partial charge in [0.1, 0.15) is 0 Å². The highest BCUT2D eigenvalue weighted by Gasteiger charge is 2.15. The Kier molecular flexibility index (Phi) is 3.97. The molecular weight excluding hydrogens is 260 g/mol. The summed E-state index contributed by atoms with van der Waals surface area (Å²) in [4.78, 5) is 4.45. The molecule has 3 aromatic rings. The molecule has 0 bridgehead atoms. The van der Waals surface area contributed by atoms with Crippen molar-refractivity contribution in [2.24, 2.45) is 7.05 Å². The van der Waals surface area contributed by atoms with Crippen LogP contribution in [0.25, 0.3) is 10.9 Å². The predicted molar refractivity (Wildman–Crippen MR) is 85.1 cm³/mol. The van der Waals surface area contributed by atoms with Crippen LogP contribution in [-0.2, 0) is 13.5 Å². The van der Waals surface area contributed by atoms with Crippen LogP contribution in [0.5, 0.6) is 0 Å². The molecule has 1 atom stereocenters. The lowest BCUT2D eigenvalue weighted by molar-refractivity contribution is 0.553. The number of aromatic nitrogens is 3. The highest BCUT2D eigenvalue weighted by Crippen LogP contribution is 2.25. The van der Waals surface area contributed by atoms with Gasteiger partial charge in [-0.1, -0.05) is 25.1 Å². The minimum absolute atomic E-state index is 0.270. The van der Waals surface area contributed by atoms with E-state index in [0.29, 0.717) is 0 Å². The highest BCUT2D eigenvalue weighted by molar-refractivity contribution is 5.82. The standard InChI is InChI=1S/C17H20N4/c1-3-18-17(10-13-11-20-21(2)12-13)15-6-4-8-16-14(15)7-5-9-19-16/h4-9,11-12,17-18H,3,10H2,1-2H3. The van der Waals surface area contributed by atoms with Crippen molar-refractivity contribution in [3.63, 3.8) is 0 Å². The third kappa shape index (κ3) is 2.95. The zero-order chi connectivity index (χ0) is 14.7. The molecule has 0 saturated heterocycles. The second-order valence-corrected chi connectivity index (χ2v) is 5.25. The van der Waals surface area contributed by atoms with Crippen LogP contribution in [0.15, 0.2) is 48.9 Å². The molecule has 0 spiro atoms. The van der Waals surface area contributed by atoms with Crippen molar-refractivity contribution < 1.29 is 0 Å². The highest BCUT2D eigenvalue weighted by atomic mass is 15.2. The fraction of sp³-hybridized carbons (Fsp3) is 0.294. The normalized spacial score (nSPS) is 12.7. The van der Waals surface area contributed by atoms with E-state index in [0.717, 1.165) is 18.5 Å². The van der Waals surface area contributed by atoms with Crippen LogP contribution in [0.2, 0.25) is 0 Å². The molecule has 0 aliphatic carbocycles. The number of nitrogens with one attached hydrogen (secondary N) is 1. The van der Waals surface area contributed by atoms with Crippen molar-refractivity contribution in [2.45, 2.75) is 19.4 Å². The molecular formula is C17H20N4. The van der Waals surface area contributed by atoms with Gasteiger partial charge in [-0.3, -0.25) is 9.67 Å². The van der Waals surface area contributed by atoms with E-state index >= 15 is 0 Å². The van der Waals surface area contributed by atoms with Gasteiger partial charge in [-0.05, 0) is 36.2 Å². The van der Waals surface area contributed by atoms with Gasteiger partial charge in [-0.2, -0.15) is 5.10 Å². The first kappa shape index (κ1) is 13.8. The van der Waals surface area contributed by atoms with Gasteiger partial charge in [-0.25, -0.2) is 0 Å². The Morgan fingerprint density at radius 3 is 2.90 bits per heavy atom. The molecule has 108 valence electrons. The summed E-state index contributed by atoms with van der Waals surface area (Å²) in [6.07, 6.45) is 6.78. The molecule has 3 rings (SSSR count). The third-order valence-electron chi connectivity index (χ3n) is 3.70. The lowest BCUT2D eigenvalue weighted by atomic mass is 9.96. The van der Waals surface area contributed by atoms with Crippen LogP contribution in [0, 0.1) is 0 Å². The fourth-order valence-corrected chi connectivity index (χ4v) is 2.78. The van der Waals surface area contributed by atoms with Crippen LogP contribution >= 0.6 is 0 Å². The van der Waals surface area contributed by atoms with Crippen molar-refractivity contribution in [1.29, 1.82) is 0 Å². The van der Waals surface area contributed by atoms with Gasteiger partial charge in [0.05, 0.1) is 11.7 Å². The molecule has 0 aliphatic heterocycles. The zero-order valence-corrected chi connectivity index (χ0v) is 12.5. The van der Waals surface area contributed by atoms with E-state index in [1.807, 2.05) is 30.2 Å². The SMILES string of the molecule is CCNC(Cc1cnn(C)c1)c1cccc2ncccc12. The van der Waals surface area contributed by atoms with Gasteiger partial charge in [0.15, 0.2) is 0 Å². The molecule has 2 heterocycles. The van der Waals surface area contributed by atoms with E-state index in [1.165, 1.54) is 16.5 Å². The first-order chi connectivity index (χ1) is 10.3. The van der Waals surface area contributed by atoms with Gasteiger partial charge < -0.3 is 5.32 Å². The number of likely N-dealkylation sites (N-methyl/N-ethyl adjacent to an activating group) is 1. The molecule has 1 N–H and O–H groups in total. The maximum atomic E-state index is 4.45. The second kappa shape index (κ2) is 6.06. The number of benzene rings is 1. The van der Waals surface area contributed by atoms with Crippen molar-refractivity contribution in [2.75, 3.05) is 6.54 Å². The summed E-state index contributed by atoms with van der Waals surface area (Å²) in [5, 5.41) is 9.06. The summed E-state index contributed by atoms with van der Waals surface area (Å²) >= 11 is 0. The summed E-state index contributed by atoms with van der Waals surface area (Å²) < 4.78 is 1.85. The average Bonchev–Trinajstić information content (AvgIpc) is 2.91. The maximum absolute atomic E-state index is 4.45. The summed E-state index contributed by atoms with van der Waals surface area (Å²) in [6.45, 7) is 3.07. The average molecular weight is 280 g/mol. The van der Waals surface area contributed by atoms with Gasteiger partial charge in [0.2, 0.25) is 0 Å². The summed E-state index contributed by atoms with van der Waals surface area (Å²) in [6, 6.07) is 10.7. The van der Waals surface area contributed by atoms with E-state index in [2.05, 4.69) is 52.8 Å². The Labute approximate surface area is 124 Å². The van der Waals surface area contributed by atoms with E-state index < -0.39 is 0 Å². The lowest BCUT2D eigenvalue weighted by Crippen LogP contribution is -2.23. The molecule has 1 aromatic carbocycles. The van der Waals surface area contributed by atoms with Crippen LogP contribution < -0.4 is 5.32 Å². The minimum atomic E-state index is 0.270. The number of pyridine rings is 1. The largest absolute Gasteiger partial charge is 0.310 e. The molecule has 21 heavy (non-hydrogen) atoms. The van der Waals surface area contributed by atoms with Crippen LogP contribution in [0.1, 0.15) is 24.1 Å². The molecule has 0 aliphatic rings. The topological polar surface area (TPSA) is 42.7 Å². The Bertz CT molecular complexity index is 727. The van der Waals surface area contributed by atoms with E-state index in [4.69, 9.17) is 0 Å². The van der Waals surface area contributed by atoms with Crippen LogP contribution in [-0.4, -0.2) is 21.3 Å². The van der Waals surface area contributed by atoms with E-state index in [9.17, 15) is 0 Å². The third-order valence-corrected chi connectivity index (χ3v) is 3.70. The number of hydrogen-bond acceptors (Lipinski definition) is 3. The van der Waals surface area contributed by atoms with Crippen molar-refractivity contribution >= 4 is 10.9 Å². The zero-order valence-electron chi connectivity index (χ0n) is 12.5. The molecule has 0 saturated carbocycles. The Morgan fingerprint density at radius 1 is 1.24 bits per heavy atom. The molecule has 0 radical (unpaired) electrons. The summed E-state index contributed by atoms with van der Waals surface area (Å²) in [5.41, 5.74) is 3.58. The monoisotopic (exact) mass is 280 g/mol. The van der Waals surface area contributed by atoms with Crippen LogP contribution in [0.3, 0.4) is 0 Å². The predicted octanol–water partition coefficient (Wildman–Crippen LogP) is 2.86. The Hall–Kier alpha value is -2.20. The lowest BCUT2D eigenvalue weighted by Gasteiger charge is -2.19. The number of fused-ring (bicyclic) bond motifs is 1. The first-order valence-electron chi connectivity index (χ1n) is 7.32. The minimum Gasteiger partial charge on any atom is -0.310 e. The van der Waals surface area contributed by atoms with Crippen molar-refractivity contribution in [3.05, 3.63) is 60.0 Å². The molecule has 0 fully saturated rings. The van der Waals surface area contributed by atoms with Crippen molar-refractivity contribution in [3.8, 4) is 0 Å². The van der Waals surface area contributed by atoms with Gasteiger partial charge in [0, 0.05) is 30.9 Å². The van der Waals surface area contributed by atoms with Gasteiger partial charge in [0.25, 0.3) is 0 Å². The Balaban J connectivity index is 1.98. The fourth-order valence-electron chi connectivity index (χ4n) is 2.78. The Morgan fingerprint density at radius 2 is 2.14 bits per heavy atom. The summed E-state index contributed by atoms with van der Waals surface area (Å²) in [5.74, 6) is 0. The van der Waals surface area contributed by atoms with E-state index in [1.54, 1.807) is 0 Å². The molecule has 4 heteroatoms.